The lowest BCUT2D eigenvalue weighted by atomic mass is 9.97. The van der Waals surface area contributed by atoms with Crippen molar-refractivity contribution in [1.82, 2.24) is 9.97 Å². The first kappa shape index (κ1) is 12.2. The van der Waals surface area contributed by atoms with Gasteiger partial charge in [-0.2, -0.15) is 0 Å². The third-order valence-electron chi connectivity index (χ3n) is 4.07. The molecule has 1 aliphatic heterocycles. The predicted octanol–water partition coefficient (Wildman–Crippen LogP) is 0.560. The van der Waals surface area contributed by atoms with Crippen LogP contribution in [0.1, 0.15) is 30.5 Å². The zero-order valence-electron chi connectivity index (χ0n) is 10.7. The second-order valence-electron chi connectivity index (χ2n) is 5.27. The summed E-state index contributed by atoms with van der Waals surface area (Å²) >= 11 is 0. The SMILES string of the molecule is O=C(O)C1CCN(c2nc3c(c(=O)[nH]2)CCC3)CC1. The fraction of sp³-hybridized carbons (Fsp3) is 0.615. The number of hydrogen-bond donors (Lipinski definition) is 2. The largest absolute Gasteiger partial charge is 0.481 e. The van der Waals surface area contributed by atoms with Gasteiger partial charge in [-0.25, -0.2) is 4.98 Å². The first-order valence-corrected chi connectivity index (χ1v) is 6.75. The molecule has 1 aliphatic carbocycles. The summed E-state index contributed by atoms with van der Waals surface area (Å²) in [6, 6.07) is 0. The first-order valence-electron chi connectivity index (χ1n) is 6.75. The normalized spacial score (nSPS) is 19.5. The molecule has 6 heteroatoms. The number of nitrogens with one attached hydrogen (secondary N) is 1. The Morgan fingerprint density at radius 1 is 1.32 bits per heavy atom. The first-order chi connectivity index (χ1) is 9.15. The second-order valence-corrected chi connectivity index (χ2v) is 5.27. The van der Waals surface area contributed by atoms with Gasteiger partial charge in [0.25, 0.3) is 5.56 Å². The lowest BCUT2D eigenvalue weighted by Crippen LogP contribution is -2.38. The number of H-pyrrole nitrogens is 1. The third-order valence-corrected chi connectivity index (χ3v) is 4.07. The second kappa shape index (κ2) is 4.68. The minimum absolute atomic E-state index is 0.0298. The van der Waals surface area contributed by atoms with Crippen molar-refractivity contribution in [3.05, 3.63) is 21.6 Å². The van der Waals surface area contributed by atoms with Gasteiger partial charge in [0.1, 0.15) is 0 Å². The molecule has 1 saturated heterocycles. The van der Waals surface area contributed by atoms with Crippen molar-refractivity contribution in [2.75, 3.05) is 18.0 Å². The molecule has 0 radical (unpaired) electrons. The summed E-state index contributed by atoms with van der Waals surface area (Å²) in [7, 11) is 0. The molecule has 0 unspecified atom stereocenters. The molecule has 2 N–H and O–H groups in total. The maximum Gasteiger partial charge on any atom is 0.306 e. The summed E-state index contributed by atoms with van der Waals surface area (Å²) in [5.74, 6) is -0.387. The Morgan fingerprint density at radius 2 is 2.05 bits per heavy atom. The molecule has 1 aromatic rings. The van der Waals surface area contributed by atoms with E-state index >= 15 is 0 Å². The lowest BCUT2D eigenvalue weighted by molar-refractivity contribution is -0.142. The zero-order chi connectivity index (χ0) is 13.4. The number of rotatable bonds is 2. The number of aliphatic carboxylic acids is 1. The van der Waals surface area contributed by atoms with E-state index in [1.807, 2.05) is 4.90 Å². The van der Waals surface area contributed by atoms with Crippen LogP contribution in [0.2, 0.25) is 0 Å². The Balaban J connectivity index is 1.79. The Kier molecular flexibility index (Phi) is 3.00. The van der Waals surface area contributed by atoms with Gasteiger partial charge in [-0.05, 0) is 32.1 Å². The minimum atomic E-state index is -0.727. The van der Waals surface area contributed by atoms with Crippen LogP contribution >= 0.6 is 0 Å². The molecule has 2 aliphatic rings. The van der Waals surface area contributed by atoms with E-state index in [1.165, 1.54) is 0 Å². The lowest BCUT2D eigenvalue weighted by Gasteiger charge is -2.30. The zero-order valence-corrected chi connectivity index (χ0v) is 10.7. The van der Waals surface area contributed by atoms with Gasteiger partial charge in [0, 0.05) is 18.7 Å². The van der Waals surface area contributed by atoms with Crippen LogP contribution in [0.15, 0.2) is 4.79 Å². The smallest absolute Gasteiger partial charge is 0.306 e. The predicted molar refractivity (Wildman–Crippen MR) is 69.5 cm³/mol. The highest BCUT2D eigenvalue weighted by molar-refractivity contribution is 5.70. The number of nitrogens with zero attached hydrogens (tertiary/aromatic N) is 2. The van der Waals surface area contributed by atoms with Crippen LogP contribution in [-0.4, -0.2) is 34.1 Å². The fourth-order valence-electron chi connectivity index (χ4n) is 2.92. The number of aromatic nitrogens is 2. The van der Waals surface area contributed by atoms with Crippen molar-refractivity contribution in [2.24, 2.45) is 5.92 Å². The van der Waals surface area contributed by atoms with Crippen LogP contribution in [0, 0.1) is 5.92 Å². The molecule has 102 valence electrons. The molecule has 1 fully saturated rings. The number of fused-ring (bicyclic) bond motifs is 1. The van der Waals surface area contributed by atoms with Gasteiger partial charge in [0.15, 0.2) is 0 Å². The number of carboxylic acids is 1. The van der Waals surface area contributed by atoms with E-state index < -0.39 is 5.97 Å². The average Bonchev–Trinajstić information content (AvgIpc) is 2.87. The van der Waals surface area contributed by atoms with Crippen LogP contribution < -0.4 is 10.5 Å². The fourth-order valence-corrected chi connectivity index (χ4v) is 2.92. The van der Waals surface area contributed by atoms with E-state index in [2.05, 4.69) is 9.97 Å². The molecule has 19 heavy (non-hydrogen) atoms. The number of piperidine rings is 1. The average molecular weight is 263 g/mol. The molecule has 2 heterocycles. The standard InChI is InChI=1S/C13H17N3O3/c17-11-9-2-1-3-10(9)14-13(15-11)16-6-4-8(5-7-16)12(18)19/h8H,1-7H2,(H,18,19)(H,14,15,17). The van der Waals surface area contributed by atoms with Crippen LogP contribution in [0.3, 0.4) is 0 Å². The van der Waals surface area contributed by atoms with E-state index in [0.717, 1.165) is 30.5 Å². The van der Waals surface area contributed by atoms with Gasteiger partial charge in [-0.3, -0.25) is 14.6 Å². The molecule has 0 amide bonds. The highest BCUT2D eigenvalue weighted by Gasteiger charge is 2.26. The Bertz CT molecular complexity index is 559. The Morgan fingerprint density at radius 3 is 2.74 bits per heavy atom. The number of carboxylic acid groups (broad SMARTS) is 1. The molecule has 0 aromatic carbocycles. The molecule has 0 bridgehead atoms. The van der Waals surface area contributed by atoms with Crippen LogP contribution in [0.25, 0.3) is 0 Å². The van der Waals surface area contributed by atoms with E-state index in [4.69, 9.17) is 5.11 Å². The van der Waals surface area contributed by atoms with Crippen molar-refractivity contribution >= 4 is 11.9 Å². The van der Waals surface area contributed by atoms with E-state index in [9.17, 15) is 9.59 Å². The maximum atomic E-state index is 11.9. The molecular formula is C13H17N3O3. The quantitative estimate of drug-likeness (QED) is 0.814. The molecule has 0 saturated carbocycles. The number of hydrogen-bond acceptors (Lipinski definition) is 4. The van der Waals surface area contributed by atoms with Crippen molar-refractivity contribution in [2.45, 2.75) is 32.1 Å². The van der Waals surface area contributed by atoms with Crippen molar-refractivity contribution in [3.8, 4) is 0 Å². The topological polar surface area (TPSA) is 86.3 Å². The monoisotopic (exact) mass is 263 g/mol. The Hall–Kier alpha value is -1.85. The number of anilines is 1. The summed E-state index contributed by atoms with van der Waals surface area (Å²) in [5.41, 5.74) is 1.71. The van der Waals surface area contributed by atoms with Gasteiger partial charge >= 0.3 is 5.97 Å². The van der Waals surface area contributed by atoms with Gasteiger partial charge in [0.2, 0.25) is 5.95 Å². The molecule has 0 spiro atoms. The summed E-state index contributed by atoms with van der Waals surface area (Å²) in [5, 5.41) is 8.97. The van der Waals surface area contributed by atoms with Crippen LogP contribution in [0.4, 0.5) is 5.95 Å². The van der Waals surface area contributed by atoms with E-state index in [-0.39, 0.29) is 11.5 Å². The van der Waals surface area contributed by atoms with Gasteiger partial charge in [0.05, 0.1) is 11.6 Å². The van der Waals surface area contributed by atoms with Crippen molar-refractivity contribution in [3.63, 3.8) is 0 Å². The molecule has 6 nitrogen and oxygen atoms in total. The van der Waals surface area contributed by atoms with Crippen LogP contribution in [0.5, 0.6) is 0 Å². The van der Waals surface area contributed by atoms with Gasteiger partial charge in [-0.15, -0.1) is 0 Å². The summed E-state index contributed by atoms with van der Waals surface area (Å²) in [4.78, 5) is 32.2. The minimum Gasteiger partial charge on any atom is -0.481 e. The van der Waals surface area contributed by atoms with Crippen LogP contribution in [-0.2, 0) is 17.6 Å². The number of aromatic amines is 1. The summed E-state index contributed by atoms with van der Waals surface area (Å²) < 4.78 is 0. The molecule has 1 aromatic heterocycles. The molecule has 3 rings (SSSR count). The highest BCUT2D eigenvalue weighted by Crippen LogP contribution is 2.22. The van der Waals surface area contributed by atoms with Crippen molar-refractivity contribution < 1.29 is 9.90 Å². The summed E-state index contributed by atoms with van der Waals surface area (Å²) in [6.07, 6.45) is 3.90. The number of aryl methyl sites for hydroxylation is 1. The van der Waals surface area contributed by atoms with Gasteiger partial charge < -0.3 is 10.0 Å². The molecule has 0 atom stereocenters. The van der Waals surface area contributed by atoms with E-state index in [0.29, 0.717) is 31.9 Å². The van der Waals surface area contributed by atoms with Gasteiger partial charge in [-0.1, -0.05) is 0 Å². The summed E-state index contributed by atoms with van der Waals surface area (Å²) in [6.45, 7) is 1.28. The maximum absolute atomic E-state index is 11.9. The number of carbonyl (C=O) groups is 1. The molecular weight excluding hydrogens is 246 g/mol. The van der Waals surface area contributed by atoms with Crippen molar-refractivity contribution in [1.29, 1.82) is 0 Å². The van der Waals surface area contributed by atoms with E-state index in [1.54, 1.807) is 0 Å². The highest BCUT2D eigenvalue weighted by atomic mass is 16.4. The Labute approximate surface area is 110 Å². The third kappa shape index (κ3) is 2.22.